The summed E-state index contributed by atoms with van der Waals surface area (Å²) in [4.78, 5) is 35.5. The zero-order valence-corrected chi connectivity index (χ0v) is 21.3. The summed E-state index contributed by atoms with van der Waals surface area (Å²) in [6.45, 7) is 7.76. The lowest BCUT2D eigenvalue weighted by Gasteiger charge is -2.34. The first-order valence-electron chi connectivity index (χ1n) is 12.4. The van der Waals surface area contributed by atoms with E-state index in [1.165, 1.54) is 12.4 Å². The van der Waals surface area contributed by atoms with E-state index in [2.05, 4.69) is 31.7 Å². The summed E-state index contributed by atoms with van der Waals surface area (Å²) in [5.74, 6) is 0.658. The van der Waals surface area contributed by atoms with Crippen molar-refractivity contribution in [2.24, 2.45) is 13.0 Å². The zero-order valence-electron chi connectivity index (χ0n) is 21.3. The van der Waals surface area contributed by atoms with Crippen molar-refractivity contribution in [3.63, 3.8) is 0 Å². The first-order chi connectivity index (χ1) is 17.3. The third kappa shape index (κ3) is 4.97. The van der Waals surface area contributed by atoms with Crippen LogP contribution in [0.3, 0.4) is 0 Å². The minimum atomic E-state index is -0.252. The number of fused-ring (bicyclic) bond motifs is 1. The van der Waals surface area contributed by atoms with Gasteiger partial charge in [-0.1, -0.05) is 25.6 Å². The SMILES string of the molecule is C=CC(=O)Nc1ccc(-c2c(C3CCN(C(=O)C(C)CCNC)CC3)c3c(N)ncnc3n2C)cc1. The largest absolute Gasteiger partial charge is 0.383 e. The van der Waals surface area contributed by atoms with Gasteiger partial charge < -0.3 is 25.8 Å². The summed E-state index contributed by atoms with van der Waals surface area (Å²) in [7, 11) is 3.90. The van der Waals surface area contributed by atoms with E-state index in [9.17, 15) is 9.59 Å². The second-order valence-corrected chi connectivity index (χ2v) is 9.44. The molecule has 4 rings (SSSR count). The molecule has 0 radical (unpaired) electrons. The molecule has 190 valence electrons. The van der Waals surface area contributed by atoms with Gasteiger partial charge in [-0.2, -0.15) is 0 Å². The molecule has 1 unspecified atom stereocenters. The van der Waals surface area contributed by atoms with Gasteiger partial charge in [0.1, 0.15) is 17.8 Å². The molecule has 1 atom stereocenters. The van der Waals surface area contributed by atoms with Crippen LogP contribution in [-0.4, -0.2) is 57.9 Å². The third-order valence-electron chi connectivity index (χ3n) is 7.11. The fraction of sp³-hybridized carbons (Fsp3) is 0.407. The smallest absolute Gasteiger partial charge is 0.247 e. The molecule has 2 aromatic heterocycles. The average Bonchev–Trinajstić information content (AvgIpc) is 3.20. The number of aryl methyl sites for hydroxylation is 1. The van der Waals surface area contributed by atoms with E-state index < -0.39 is 0 Å². The molecule has 0 bridgehead atoms. The van der Waals surface area contributed by atoms with E-state index in [1.54, 1.807) is 0 Å². The van der Waals surface area contributed by atoms with Crippen LogP contribution in [0, 0.1) is 5.92 Å². The van der Waals surface area contributed by atoms with Crippen LogP contribution < -0.4 is 16.4 Å². The predicted molar refractivity (Wildman–Crippen MR) is 143 cm³/mol. The van der Waals surface area contributed by atoms with Gasteiger partial charge in [0.15, 0.2) is 0 Å². The van der Waals surface area contributed by atoms with Crippen molar-refractivity contribution in [3.8, 4) is 11.3 Å². The van der Waals surface area contributed by atoms with Crippen LogP contribution >= 0.6 is 0 Å². The number of nitrogen functional groups attached to an aromatic ring is 1. The third-order valence-corrected chi connectivity index (χ3v) is 7.11. The van der Waals surface area contributed by atoms with Crippen molar-refractivity contribution in [1.82, 2.24) is 24.8 Å². The summed E-state index contributed by atoms with van der Waals surface area (Å²) in [6.07, 6.45) is 5.26. The summed E-state index contributed by atoms with van der Waals surface area (Å²) in [6, 6.07) is 7.73. The fourth-order valence-corrected chi connectivity index (χ4v) is 5.14. The number of rotatable bonds is 8. The standard InChI is InChI=1S/C27H35N7O2/c1-5-21(35)32-20-8-6-19(7-9-20)24-22(23-25(28)30-16-31-26(23)33(24)4)18-11-14-34(15-12-18)27(36)17(2)10-13-29-3/h5-9,16-18,29H,1,10-15H2,2-4H3,(H,32,35)(H2,28,30,31). The Morgan fingerprint density at radius 3 is 2.56 bits per heavy atom. The maximum absolute atomic E-state index is 13.0. The van der Waals surface area contributed by atoms with Gasteiger partial charge in [0.25, 0.3) is 0 Å². The lowest BCUT2D eigenvalue weighted by Crippen LogP contribution is -2.41. The van der Waals surface area contributed by atoms with Crippen molar-refractivity contribution in [2.45, 2.75) is 32.1 Å². The quantitative estimate of drug-likeness (QED) is 0.418. The first kappa shape index (κ1) is 25.4. The number of amides is 2. The highest BCUT2D eigenvalue weighted by Gasteiger charge is 2.31. The number of carbonyl (C=O) groups excluding carboxylic acids is 2. The molecule has 1 aliphatic rings. The van der Waals surface area contributed by atoms with Crippen LogP contribution in [0.1, 0.15) is 37.7 Å². The normalized spacial score (nSPS) is 15.1. The Morgan fingerprint density at radius 1 is 1.22 bits per heavy atom. The molecule has 0 aliphatic carbocycles. The Balaban J connectivity index is 1.66. The highest BCUT2D eigenvalue weighted by atomic mass is 16.2. The van der Waals surface area contributed by atoms with Crippen LogP contribution in [-0.2, 0) is 16.6 Å². The summed E-state index contributed by atoms with van der Waals surface area (Å²) < 4.78 is 2.07. The van der Waals surface area contributed by atoms with E-state index in [4.69, 9.17) is 5.73 Å². The lowest BCUT2D eigenvalue weighted by molar-refractivity contribution is -0.136. The molecule has 3 heterocycles. The molecule has 1 fully saturated rings. The maximum Gasteiger partial charge on any atom is 0.247 e. The first-order valence-corrected chi connectivity index (χ1v) is 12.4. The van der Waals surface area contributed by atoms with Gasteiger partial charge in [-0.15, -0.1) is 0 Å². The molecule has 2 amide bonds. The number of aromatic nitrogens is 3. The highest BCUT2D eigenvalue weighted by molar-refractivity contribution is 5.99. The molecule has 0 saturated carbocycles. The zero-order chi connectivity index (χ0) is 25.8. The summed E-state index contributed by atoms with van der Waals surface area (Å²) in [5.41, 5.74) is 11.0. The monoisotopic (exact) mass is 489 g/mol. The molecular weight excluding hydrogens is 454 g/mol. The Hall–Kier alpha value is -3.72. The van der Waals surface area contributed by atoms with Crippen LogP contribution in [0.2, 0.25) is 0 Å². The fourth-order valence-electron chi connectivity index (χ4n) is 5.14. The molecular formula is C27H35N7O2. The molecule has 1 saturated heterocycles. The Morgan fingerprint density at radius 2 is 1.92 bits per heavy atom. The van der Waals surface area contributed by atoms with E-state index in [0.29, 0.717) is 24.6 Å². The number of nitrogens with zero attached hydrogens (tertiary/aromatic N) is 4. The Labute approximate surface area is 211 Å². The maximum atomic E-state index is 13.0. The van der Waals surface area contributed by atoms with Crippen LogP contribution in [0.4, 0.5) is 11.5 Å². The van der Waals surface area contributed by atoms with E-state index >= 15 is 0 Å². The number of piperidine rings is 1. The van der Waals surface area contributed by atoms with Crippen molar-refractivity contribution in [3.05, 3.63) is 48.8 Å². The van der Waals surface area contributed by atoms with E-state index in [-0.39, 0.29) is 23.7 Å². The highest BCUT2D eigenvalue weighted by Crippen LogP contribution is 2.43. The summed E-state index contributed by atoms with van der Waals surface area (Å²) >= 11 is 0. The number of benzene rings is 1. The van der Waals surface area contributed by atoms with Gasteiger partial charge in [0.05, 0.1) is 11.1 Å². The number of hydrogen-bond donors (Lipinski definition) is 3. The van der Waals surface area contributed by atoms with Gasteiger partial charge in [0.2, 0.25) is 11.8 Å². The number of carbonyl (C=O) groups is 2. The minimum Gasteiger partial charge on any atom is -0.383 e. The van der Waals surface area contributed by atoms with Crippen LogP contribution in [0.15, 0.2) is 43.2 Å². The molecule has 1 aliphatic heterocycles. The van der Waals surface area contributed by atoms with Gasteiger partial charge in [-0.3, -0.25) is 9.59 Å². The topological polar surface area (TPSA) is 118 Å². The number of hydrogen-bond acceptors (Lipinski definition) is 6. The van der Waals surface area contributed by atoms with E-state index in [0.717, 1.165) is 53.7 Å². The van der Waals surface area contributed by atoms with Gasteiger partial charge in [-0.25, -0.2) is 9.97 Å². The molecule has 9 heteroatoms. The van der Waals surface area contributed by atoms with E-state index in [1.807, 2.05) is 50.2 Å². The Bertz CT molecular complexity index is 1260. The van der Waals surface area contributed by atoms with Crippen LogP contribution in [0.5, 0.6) is 0 Å². The lowest BCUT2D eigenvalue weighted by atomic mass is 9.85. The number of nitrogens with two attached hydrogens (primary N) is 1. The van der Waals surface area contributed by atoms with Gasteiger partial charge in [-0.05, 0) is 68.1 Å². The number of anilines is 2. The second kappa shape index (κ2) is 10.9. The van der Waals surface area contributed by atoms with Crippen molar-refractivity contribution < 1.29 is 9.59 Å². The molecule has 9 nitrogen and oxygen atoms in total. The summed E-state index contributed by atoms with van der Waals surface area (Å²) in [5, 5.41) is 6.79. The van der Waals surface area contributed by atoms with Crippen molar-refractivity contribution in [1.29, 1.82) is 0 Å². The van der Waals surface area contributed by atoms with Crippen molar-refractivity contribution >= 4 is 34.4 Å². The number of likely N-dealkylation sites (tertiary alicyclic amines) is 1. The molecule has 1 aromatic carbocycles. The molecule has 4 N–H and O–H groups in total. The molecule has 36 heavy (non-hydrogen) atoms. The van der Waals surface area contributed by atoms with Crippen LogP contribution in [0.25, 0.3) is 22.3 Å². The predicted octanol–water partition coefficient (Wildman–Crippen LogP) is 3.29. The van der Waals surface area contributed by atoms with Gasteiger partial charge >= 0.3 is 0 Å². The van der Waals surface area contributed by atoms with Crippen molar-refractivity contribution in [2.75, 3.05) is 37.7 Å². The molecule has 3 aromatic rings. The minimum absolute atomic E-state index is 0.00579. The molecule has 0 spiro atoms. The van der Waals surface area contributed by atoms with Gasteiger partial charge in [0, 0.05) is 31.7 Å². The average molecular weight is 490 g/mol. The second-order valence-electron chi connectivity index (χ2n) is 9.44. The Kier molecular flexibility index (Phi) is 7.69. The number of nitrogens with one attached hydrogen (secondary N) is 2.